The van der Waals surface area contributed by atoms with E-state index >= 15 is 0 Å². The van der Waals surface area contributed by atoms with Gasteiger partial charge in [0.05, 0.1) is 6.57 Å². The minimum absolute atomic E-state index is 0.383. The lowest BCUT2D eigenvalue weighted by Gasteiger charge is -2.33. The van der Waals surface area contributed by atoms with Crippen LogP contribution in [0.1, 0.15) is 51.5 Å². The Kier molecular flexibility index (Phi) is 3.91. The molecule has 1 N–H and O–H groups in total. The summed E-state index contributed by atoms with van der Waals surface area (Å²) in [6.45, 7) is 12.1. The Morgan fingerprint density at radius 1 is 1.17 bits per heavy atom. The molecule has 3 rings (SSSR count). The molecule has 0 saturated heterocycles. The Balaban J connectivity index is 0.000000574. The zero-order valence-electron chi connectivity index (χ0n) is 11.4. The Bertz CT molecular complexity index is 451. The standard InChI is InChI=1S/C14H16N2.C2H6/c1-15-11-5-6-12-13(9-11)16-10-14(12)7-3-2-4-8-14;1-2/h5-6,9,16H,2-4,7-8,10H2;1-2H3. The zero-order chi connectivity index (χ0) is 13.0. The van der Waals surface area contributed by atoms with E-state index in [2.05, 4.69) is 16.2 Å². The molecule has 1 spiro atoms. The molecular weight excluding hydrogens is 220 g/mol. The molecule has 1 aromatic carbocycles. The van der Waals surface area contributed by atoms with Crippen molar-refractivity contribution in [1.82, 2.24) is 0 Å². The first-order chi connectivity index (χ1) is 8.84. The summed E-state index contributed by atoms with van der Waals surface area (Å²) in [7, 11) is 0. The molecule has 2 nitrogen and oxygen atoms in total. The van der Waals surface area contributed by atoms with Gasteiger partial charge in [0, 0.05) is 17.6 Å². The molecule has 2 heteroatoms. The van der Waals surface area contributed by atoms with Crippen molar-refractivity contribution in [2.45, 2.75) is 51.4 Å². The molecule has 1 aliphatic carbocycles. The summed E-state index contributed by atoms with van der Waals surface area (Å²) >= 11 is 0. The van der Waals surface area contributed by atoms with E-state index in [4.69, 9.17) is 6.57 Å². The molecule has 2 aliphatic rings. The lowest BCUT2D eigenvalue weighted by molar-refractivity contribution is 0.319. The van der Waals surface area contributed by atoms with Gasteiger partial charge in [-0.05, 0) is 24.5 Å². The van der Waals surface area contributed by atoms with Crippen molar-refractivity contribution < 1.29 is 0 Å². The number of rotatable bonds is 0. The summed E-state index contributed by atoms with van der Waals surface area (Å²) in [5.74, 6) is 0. The van der Waals surface area contributed by atoms with Crippen molar-refractivity contribution in [3.05, 3.63) is 35.2 Å². The normalized spacial score (nSPS) is 19.2. The SMILES string of the molecule is CC.[C-]#[N+]c1ccc2c(c1)NCC21CCCCC1. The van der Waals surface area contributed by atoms with Crippen LogP contribution >= 0.6 is 0 Å². The largest absolute Gasteiger partial charge is 0.385 e. The summed E-state index contributed by atoms with van der Waals surface area (Å²) in [5.41, 5.74) is 3.79. The van der Waals surface area contributed by atoms with Gasteiger partial charge < -0.3 is 5.32 Å². The number of anilines is 1. The van der Waals surface area contributed by atoms with Gasteiger partial charge in [-0.1, -0.05) is 45.2 Å². The smallest absolute Gasteiger partial charge is 0.189 e. The first-order valence-electron chi connectivity index (χ1n) is 7.10. The van der Waals surface area contributed by atoms with Crippen molar-refractivity contribution in [2.75, 3.05) is 11.9 Å². The fourth-order valence-corrected chi connectivity index (χ4v) is 3.24. The minimum Gasteiger partial charge on any atom is -0.385 e. The Hall–Kier alpha value is -1.49. The summed E-state index contributed by atoms with van der Waals surface area (Å²) in [5, 5.41) is 3.49. The van der Waals surface area contributed by atoms with Crippen LogP contribution in [0.2, 0.25) is 0 Å². The first kappa shape index (κ1) is 13.0. The average molecular weight is 242 g/mol. The lowest BCUT2D eigenvalue weighted by Crippen LogP contribution is -2.30. The number of nitrogens with zero attached hydrogens (tertiary/aromatic N) is 1. The van der Waals surface area contributed by atoms with E-state index in [1.54, 1.807) is 0 Å². The van der Waals surface area contributed by atoms with E-state index in [-0.39, 0.29) is 0 Å². The molecule has 1 aromatic rings. The molecule has 0 radical (unpaired) electrons. The molecule has 96 valence electrons. The van der Waals surface area contributed by atoms with Gasteiger partial charge in [-0.3, -0.25) is 0 Å². The number of benzene rings is 1. The average Bonchev–Trinajstić information content (AvgIpc) is 2.80. The summed E-state index contributed by atoms with van der Waals surface area (Å²) in [6, 6.07) is 6.15. The van der Waals surface area contributed by atoms with Crippen LogP contribution in [0.4, 0.5) is 11.4 Å². The fraction of sp³-hybridized carbons (Fsp3) is 0.562. The Labute approximate surface area is 110 Å². The zero-order valence-corrected chi connectivity index (χ0v) is 11.4. The van der Waals surface area contributed by atoms with Gasteiger partial charge in [0.15, 0.2) is 5.69 Å². The van der Waals surface area contributed by atoms with E-state index < -0.39 is 0 Å². The topological polar surface area (TPSA) is 16.4 Å². The predicted octanol–water partition coefficient (Wildman–Crippen LogP) is 4.89. The molecule has 0 atom stereocenters. The van der Waals surface area contributed by atoms with Gasteiger partial charge in [-0.25, -0.2) is 4.85 Å². The second kappa shape index (κ2) is 5.44. The van der Waals surface area contributed by atoms with E-state index in [1.807, 2.05) is 26.0 Å². The minimum atomic E-state index is 0.383. The number of nitrogens with one attached hydrogen (secondary N) is 1. The molecule has 1 saturated carbocycles. The Morgan fingerprint density at radius 2 is 1.89 bits per heavy atom. The summed E-state index contributed by atoms with van der Waals surface area (Å²) in [6.07, 6.45) is 6.71. The van der Waals surface area contributed by atoms with Crippen LogP contribution in [-0.2, 0) is 5.41 Å². The fourth-order valence-electron chi connectivity index (χ4n) is 3.24. The van der Waals surface area contributed by atoms with Crippen LogP contribution < -0.4 is 5.32 Å². The highest BCUT2D eigenvalue weighted by molar-refractivity contribution is 5.67. The van der Waals surface area contributed by atoms with Gasteiger partial charge in [-0.2, -0.15) is 0 Å². The van der Waals surface area contributed by atoms with Crippen LogP contribution in [0.15, 0.2) is 18.2 Å². The number of hydrogen-bond donors (Lipinski definition) is 1. The van der Waals surface area contributed by atoms with Gasteiger partial charge in [0.25, 0.3) is 0 Å². The molecule has 18 heavy (non-hydrogen) atoms. The molecule has 1 fully saturated rings. The third-order valence-electron chi connectivity index (χ3n) is 4.13. The van der Waals surface area contributed by atoms with E-state index in [0.717, 1.165) is 12.2 Å². The van der Waals surface area contributed by atoms with E-state index in [9.17, 15) is 0 Å². The van der Waals surface area contributed by atoms with E-state index in [1.165, 1.54) is 43.4 Å². The van der Waals surface area contributed by atoms with Crippen LogP contribution in [0.5, 0.6) is 0 Å². The second-order valence-corrected chi connectivity index (χ2v) is 5.04. The van der Waals surface area contributed by atoms with Crippen molar-refractivity contribution >= 4 is 11.4 Å². The highest BCUT2D eigenvalue weighted by Crippen LogP contribution is 2.47. The number of hydrogen-bond acceptors (Lipinski definition) is 1. The molecule has 0 aromatic heterocycles. The molecule has 1 heterocycles. The van der Waals surface area contributed by atoms with Crippen molar-refractivity contribution in [1.29, 1.82) is 0 Å². The van der Waals surface area contributed by atoms with Crippen molar-refractivity contribution in [3.63, 3.8) is 0 Å². The van der Waals surface area contributed by atoms with Crippen LogP contribution in [0.25, 0.3) is 4.85 Å². The van der Waals surface area contributed by atoms with Gasteiger partial charge in [0.1, 0.15) is 0 Å². The third kappa shape index (κ3) is 2.10. The monoisotopic (exact) mass is 242 g/mol. The van der Waals surface area contributed by atoms with Crippen LogP contribution in [0.3, 0.4) is 0 Å². The maximum atomic E-state index is 7.04. The second-order valence-electron chi connectivity index (χ2n) is 5.04. The molecule has 0 amide bonds. The highest BCUT2D eigenvalue weighted by atomic mass is 14.9. The van der Waals surface area contributed by atoms with Crippen LogP contribution in [0, 0.1) is 6.57 Å². The summed E-state index contributed by atoms with van der Waals surface area (Å²) in [4.78, 5) is 3.49. The molecule has 0 bridgehead atoms. The van der Waals surface area contributed by atoms with E-state index in [0.29, 0.717) is 5.41 Å². The molecule has 0 unspecified atom stereocenters. The van der Waals surface area contributed by atoms with Gasteiger partial charge >= 0.3 is 0 Å². The van der Waals surface area contributed by atoms with Gasteiger partial charge in [-0.15, -0.1) is 0 Å². The third-order valence-corrected chi connectivity index (χ3v) is 4.13. The maximum Gasteiger partial charge on any atom is 0.189 e. The van der Waals surface area contributed by atoms with Gasteiger partial charge in [0.2, 0.25) is 0 Å². The lowest BCUT2D eigenvalue weighted by atomic mass is 9.71. The molecular formula is C16H22N2. The van der Waals surface area contributed by atoms with Crippen LogP contribution in [-0.4, -0.2) is 6.54 Å². The van der Waals surface area contributed by atoms with Crippen molar-refractivity contribution in [2.24, 2.45) is 0 Å². The highest BCUT2D eigenvalue weighted by Gasteiger charge is 2.39. The number of fused-ring (bicyclic) bond motifs is 2. The first-order valence-corrected chi connectivity index (χ1v) is 7.10. The van der Waals surface area contributed by atoms with Crippen molar-refractivity contribution in [3.8, 4) is 0 Å². The predicted molar refractivity (Wildman–Crippen MR) is 77.3 cm³/mol. The maximum absolute atomic E-state index is 7.04. The summed E-state index contributed by atoms with van der Waals surface area (Å²) < 4.78 is 0. The molecule has 1 aliphatic heterocycles. The quantitative estimate of drug-likeness (QED) is 0.641. The Morgan fingerprint density at radius 3 is 2.56 bits per heavy atom.